The summed E-state index contributed by atoms with van der Waals surface area (Å²) in [5.41, 5.74) is 0. The number of nitrogens with zero attached hydrogens (tertiary/aromatic N) is 1. The summed E-state index contributed by atoms with van der Waals surface area (Å²) in [4.78, 5) is 13.0. The molecule has 3 heteroatoms. The zero-order valence-corrected chi connectivity index (χ0v) is 5.97. The molecule has 3 fully saturated rings. The normalized spacial score (nSPS) is 26.4. The molecule has 0 spiro atoms. The van der Waals surface area contributed by atoms with E-state index in [9.17, 15) is 4.79 Å². The quantitative estimate of drug-likeness (QED) is 0.519. The van der Waals surface area contributed by atoms with E-state index in [1.54, 1.807) is 0 Å². The lowest BCUT2D eigenvalue weighted by molar-refractivity contribution is 0.193. The van der Waals surface area contributed by atoms with Crippen LogP contribution in [0.25, 0.3) is 0 Å². The van der Waals surface area contributed by atoms with Crippen LogP contribution in [0.2, 0.25) is 0 Å². The zero-order chi connectivity index (χ0) is 6.97. The smallest absolute Gasteiger partial charge is 0.317 e. The molecule has 0 unspecified atom stereocenters. The first-order chi connectivity index (χ1) is 4.86. The average molecular weight is 140 g/mol. The molecule has 0 aromatic carbocycles. The highest BCUT2D eigenvalue weighted by Gasteiger charge is 2.26. The Morgan fingerprint density at radius 3 is 2.80 bits per heavy atom. The van der Waals surface area contributed by atoms with Gasteiger partial charge in [-0.15, -0.1) is 0 Å². The molecular formula is C7H12N2O. The molecule has 0 aromatic rings. The van der Waals surface area contributed by atoms with Gasteiger partial charge in [-0.25, -0.2) is 4.79 Å². The monoisotopic (exact) mass is 140 g/mol. The zero-order valence-electron chi connectivity index (χ0n) is 5.97. The number of carbonyl (C=O) groups excluding carboxylic acids is 1. The summed E-state index contributed by atoms with van der Waals surface area (Å²) in [6, 6.07) is 0.139. The van der Waals surface area contributed by atoms with Crippen molar-refractivity contribution in [3.8, 4) is 0 Å². The van der Waals surface area contributed by atoms with Gasteiger partial charge in [-0.2, -0.15) is 0 Å². The molecule has 3 rings (SSSR count). The SMILES string of the molecule is O=C1NCC2CCN1CC2. The van der Waals surface area contributed by atoms with E-state index in [4.69, 9.17) is 0 Å². The standard InChI is InChI=1S/C7H12N2O/c10-7-8-5-6-1-3-9(7)4-2-6/h6H,1-5H2,(H,8,10). The van der Waals surface area contributed by atoms with Gasteiger partial charge in [-0.05, 0) is 18.8 Å². The number of carbonyl (C=O) groups is 1. The average Bonchev–Trinajstić information content (AvgIpc) is 2.24. The van der Waals surface area contributed by atoms with Crippen LogP contribution < -0.4 is 5.32 Å². The summed E-state index contributed by atoms with van der Waals surface area (Å²) >= 11 is 0. The van der Waals surface area contributed by atoms with Gasteiger partial charge in [0.2, 0.25) is 0 Å². The molecule has 3 saturated heterocycles. The van der Waals surface area contributed by atoms with Crippen molar-refractivity contribution in [3.63, 3.8) is 0 Å². The third-order valence-corrected chi connectivity index (χ3v) is 2.44. The Kier molecular flexibility index (Phi) is 1.29. The molecule has 10 heavy (non-hydrogen) atoms. The minimum atomic E-state index is 0.139. The van der Waals surface area contributed by atoms with Gasteiger partial charge in [-0.1, -0.05) is 0 Å². The number of rotatable bonds is 0. The Morgan fingerprint density at radius 2 is 2.10 bits per heavy atom. The van der Waals surface area contributed by atoms with Crippen molar-refractivity contribution in [1.29, 1.82) is 0 Å². The van der Waals surface area contributed by atoms with Crippen LogP contribution in [0.5, 0.6) is 0 Å². The number of piperidine rings is 1. The van der Waals surface area contributed by atoms with Crippen molar-refractivity contribution < 1.29 is 4.79 Å². The third-order valence-electron chi connectivity index (χ3n) is 2.44. The Balaban J connectivity index is 2.14. The first-order valence-corrected chi connectivity index (χ1v) is 3.89. The fourth-order valence-electron chi connectivity index (χ4n) is 1.68. The van der Waals surface area contributed by atoms with Crippen LogP contribution in [0.1, 0.15) is 12.8 Å². The molecule has 2 bridgehead atoms. The van der Waals surface area contributed by atoms with Crippen LogP contribution in [0, 0.1) is 5.92 Å². The molecule has 56 valence electrons. The lowest BCUT2D eigenvalue weighted by atomic mass is 9.99. The molecule has 0 radical (unpaired) electrons. The summed E-state index contributed by atoms with van der Waals surface area (Å²) < 4.78 is 0. The number of nitrogens with one attached hydrogen (secondary N) is 1. The van der Waals surface area contributed by atoms with Crippen LogP contribution in [0.4, 0.5) is 4.79 Å². The fraction of sp³-hybridized carbons (Fsp3) is 0.857. The maximum absolute atomic E-state index is 11.1. The highest BCUT2D eigenvalue weighted by molar-refractivity contribution is 5.74. The minimum absolute atomic E-state index is 0.139. The first-order valence-electron chi connectivity index (χ1n) is 3.89. The van der Waals surface area contributed by atoms with Crippen molar-refractivity contribution in [2.45, 2.75) is 12.8 Å². The van der Waals surface area contributed by atoms with Crippen molar-refractivity contribution in [2.75, 3.05) is 19.6 Å². The summed E-state index contributed by atoms with van der Waals surface area (Å²) in [6.45, 7) is 2.84. The molecule has 0 atom stereocenters. The second-order valence-electron chi connectivity index (χ2n) is 3.12. The molecule has 3 aliphatic rings. The molecule has 1 N–H and O–H groups in total. The van der Waals surface area contributed by atoms with Gasteiger partial charge < -0.3 is 10.2 Å². The number of fused-ring (bicyclic) bond motifs is 4. The van der Waals surface area contributed by atoms with Crippen LogP contribution in [0.15, 0.2) is 0 Å². The van der Waals surface area contributed by atoms with Gasteiger partial charge in [0.25, 0.3) is 0 Å². The van der Waals surface area contributed by atoms with Crippen LogP contribution in [0.3, 0.4) is 0 Å². The van der Waals surface area contributed by atoms with Crippen molar-refractivity contribution in [1.82, 2.24) is 10.2 Å². The lowest BCUT2D eigenvalue weighted by Crippen LogP contribution is -2.37. The third kappa shape index (κ3) is 0.856. The summed E-state index contributed by atoms with van der Waals surface area (Å²) in [7, 11) is 0. The Labute approximate surface area is 60.4 Å². The van der Waals surface area contributed by atoms with E-state index in [0.717, 1.165) is 25.6 Å². The Hall–Kier alpha value is -0.730. The molecule has 3 heterocycles. The number of hydrogen-bond donors (Lipinski definition) is 1. The number of hydrogen-bond acceptors (Lipinski definition) is 1. The highest BCUT2D eigenvalue weighted by Crippen LogP contribution is 2.19. The molecule has 0 aromatic heterocycles. The van der Waals surface area contributed by atoms with E-state index in [-0.39, 0.29) is 6.03 Å². The highest BCUT2D eigenvalue weighted by atomic mass is 16.2. The van der Waals surface area contributed by atoms with Crippen molar-refractivity contribution in [2.24, 2.45) is 5.92 Å². The maximum Gasteiger partial charge on any atom is 0.317 e. The lowest BCUT2D eigenvalue weighted by Gasteiger charge is -2.24. The first kappa shape index (κ1) is 6.01. The molecular weight excluding hydrogens is 128 g/mol. The molecule has 3 nitrogen and oxygen atoms in total. The Morgan fingerprint density at radius 1 is 1.40 bits per heavy atom. The Bertz CT molecular complexity index is 150. The topological polar surface area (TPSA) is 32.3 Å². The van der Waals surface area contributed by atoms with E-state index in [1.807, 2.05) is 4.90 Å². The van der Waals surface area contributed by atoms with E-state index in [0.29, 0.717) is 0 Å². The summed E-state index contributed by atoms with van der Waals surface area (Å²) in [6.07, 6.45) is 2.39. The van der Waals surface area contributed by atoms with Gasteiger partial charge in [-0.3, -0.25) is 0 Å². The summed E-state index contributed by atoms with van der Waals surface area (Å²) in [5, 5.41) is 2.89. The van der Waals surface area contributed by atoms with E-state index >= 15 is 0 Å². The van der Waals surface area contributed by atoms with Gasteiger partial charge >= 0.3 is 6.03 Å². The van der Waals surface area contributed by atoms with Crippen molar-refractivity contribution >= 4 is 6.03 Å². The predicted octanol–water partition coefficient (Wildman–Crippen LogP) is 0.422. The van der Waals surface area contributed by atoms with Crippen LogP contribution in [-0.4, -0.2) is 30.6 Å². The second kappa shape index (κ2) is 2.15. The van der Waals surface area contributed by atoms with Crippen LogP contribution in [-0.2, 0) is 0 Å². The van der Waals surface area contributed by atoms with Gasteiger partial charge in [0.15, 0.2) is 0 Å². The van der Waals surface area contributed by atoms with Gasteiger partial charge in [0.05, 0.1) is 0 Å². The minimum Gasteiger partial charge on any atom is -0.338 e. The number of urea groups is 1. The van der Waals surface area contributed by atoms with E-state index in [1.165, 1.54) is 12.8 Å². The fourth-order valence-corrected chi connectivity index (χ4v) is 1.68. The largest absolute Gasteiger partial charge is 0.338 e. The predicted molar refractivity (Wildman–Crippen MR) is 37.7 cm³/mol. The second-order valence-corrected chi connectivity index (χ2v) is 3.12. The molecule has 0 aliphatic carbocycles. The summed E-state index contributed by atoms with van der Waals surface area (Å²) in [5.74, 6) is 0.752. The number of amides is 2. The van der Waals surface area contributed by atoms with Crippen molar-refractivity contribution in [3.05, 3.63) is 0 Å². The molecule has 3 aliphatic heterocycles. The molecule has 2 amide bonds. The van der Waals surface area contributed by atoms with Gasteiger partial charge in [0.1, 0.15) is 0 Å². The maximum atomic E-state index is 11.1. The van der Waals surface area contributed by atoms with Crippen LogP contribution >= 0.6 is 0 Å². The van der Waals surface area contributed by atoms with E-state index in [2.05, 4.69) is 5.32 Å². The van der Waals surface area contributed by atoms with Gasteiger partial charge in [0, 0.05) is 19.6 Å². The molecule has 0 saturated carbocycles. The van der Waals surface area contributed by atoms with E-state index < -0.39 is 0 Å².